The van der Waals surface area contributed by atoms with Crippen molar-refractivity contribution >= 4 is 10.0 Å². The van der Waals surface area contributed by atoms with Crippen LogP contribution in [-0.4, -0.2) is 33.0 Å². The van der Waals surface area contributed by atoms with Gasteiger partial charge in [0.1, 0.15) is 5.76 Å². The second-order valence-corrected chi connectivity index (χ2v) is 8.60. The topological polar surface area (TPSA) is 62.6 Å². The summed E-state index contributed by atoms with van der Waals surface area (Å²) >= 11 is 0. The van der Waals surface area contributed by atoms with Crippen LogP contribution in [0.1, 0.15) is 37.1 Å². The molecule has 25 heavy (non-hydrogen) atoms. The second kappa shape index (κ2) is 7.72. The molecule has 1 aliphatic heterocycles. The molecule has 6 heteroatoms. The van der Waals surface area contributed by atoms with Crippen molar-refractivity contribution in [2.75, 3.05) is 19.6 Å². The average molecular weight is 362 g/mol. The maximum atomic E-state index is 12.7. The van der Waals surface area contributed by atoms with Gasteiger partial charge in [-0.25, -0.2) is 13.1 Å². The summed E-state index contributed by atoms with van der Waals surface area (Å²) in [6.07, 6.45) is 3.90. The van der Waals surface area contributed by atoms with Gasteiger partial charge in [-0.05, 0) is 62.5 Å². The predicted octanol–water partition coefficient (Wildman–Crippen LogP) is 3.34. The number of hydrogen-bond acceptors (Lipinski definition) is 4. The van der Waals surface area contributed by atoms with Gasteiger partial charge in [-0.15, -0.1) is 0 Å². The Morgan fingerprint density at radius 1 is 1.20 bits per heavy atom. The number of hydrogen-bond donors (Lipinski definition) is 1. The lowest BCUT2D eigenvalue weighted by Gasteiger charge is -2.35. The maximum Gasteiger partial charge on any atom is 0.240 e. The summed E-state index contributed by atoms with van der Waals surface area (Å²) < 4.78 is 33.8. The van der Waals surface area contributed by atoms with E-state index in [-0.39, 0.29) is 6.04 Å². The Balaban J connectivity index is 1.76. The summed E-state index contributed by atoms with van der Waals surface area (Å²) in [6, 6.07) is 10.7. The number of likely N-dealkylation sites (tertiary alicyclic amines) is 1. The third kappa shape index (κ3) is 4.32. The molecule has 1 unspecified atom stereocenters. The Labute approximate surface area is 150 Å². The van der Waals surface area contributed by atoms with E-state index in [9.17, 15) is 8.42 Å². The van der Waals surface area contributed by atoms with Gasteiger partial charge < -0.3 is 4.42 Å². The molecular formula is C19H26N2O3S. The fraction of sp³-hybridized carbons (Fsp3) is 0.474. The monoisotopic (exact) mass is 362 g/mol. The highest BCUT2D eigenvalue weighted by atomic mass is 32.2. The Hall–Kier alpha value is -1.63. The maximum absolute atomic E-state index is 12.7. The molecule has 0 radical (unpaired) electrons. The number of benzene rings is 1. The van der Waals surface area contributed by atoms with E-state index < -0.39 is 10.0 Å². The first-order valence-corrected chi connectivity index (χ1v) is 10.3. The smallest absolute Gasteiger partial charge is 0.240 e. The zero-order chi connectivity index (χ0) is 17.9. The van der Waals surface area contributed by atoms with Crippen LogP contribution in [0, 0.1) is 12.8 Å². The van der Waals surface area contributed by atoms with Gasteiger partial charge in [0.15, 0.2) is 0 Å². The number of rotatable bonds is 6. The van der Waals surface area contributed by atoms with E-state index in [2.05, 4.69) is 16.5 Å². The van der Waals surface area contributed by atoms with E-state index in [4.69, 9.17) is 4.42 Å². The van der Waals surface area contributed by atoms with E-state index >= 15 is 0 Å². The molecule has 1 fully saturated rings. The summed E-state index contributed by atoms with van der Waals surface area (Å²) in [6.45, 7) is 6.29. The Morgan fingerprint density at radius 3 is 2.56 bits per heavy atom. The van der Waals surface area contributed by atoms with Gasteiger partial charge in [-0.2, -0.15) is 0 Å². The van der Waals surface area contributed by atoms with Crippen molar-refractivity contribution in [1.82, 2.24) is 9.62 Å². The van der Waals surface area contributed by atoms with Gasteiger partial charge in [0, 0.05) is 6.54 Å². The standard InChI is InChI=1S/C19H26N2O3S/c1-15-9-11-21(12-10-15)17(18-7-5-13-24-18)14-20-25(22,23)19-8-4-3-6-16(19)2/h3-8,13,15,17,20H,9-12,14H2,1-2H3. The number of furan rings is 1. The molecule has 1 N–H and O–H groups in total. The molecule has 5 nitrogen and oxygen atoms in total. The van der Waals surface area contributed by atoms with Gasteiger partial charge in [-0.1, -0.05) is 25.1 Å². The molecule has 2 heterocycles. The Bertz CT molecular complexity index is 779. The molecule has 1 aliphatic rings. The molecule has 0 bridgehead atoms. The van der Waals surface area contributed by atoms with Crippen LogP contribution < -0.4 is 4.72 Å². The minimum absolute atomic E-state index is 0.0821. The van der Waals surface area contributed by atoms with Crippen LogP contribution >= 0.6 is 0 Å². The predicted molar refractivity (Wildman–Crippen MR) is 97.8 cm³/mol. The van der Waals surface area contributed by atoms with Crippen LogP contribution in [0.15, 0.2) is 52.0 Å². The Morgan fingerprint density at radius 2 is 1.92 bits per heavy atom. The molecule has 1 saturated heterocycles. The quantitative estimate of drug-likeness (QED) is 0.856. The first-order valence-electron chi connectivity index (χ1n) is 8.80. The van der Waals surface area contributed by atoms with Crippen molar-refractivity contribution < 1.29 is 12.8 Å². The highest BCUT2D eigenvalue weighted by Crippen LogP contribution is 2.27. The summed E-state index contributed by atoms with van der Waals surface area (Å²) in [5.41, 5.74) is 0.747. The van der Waals surface area contributed by atoms with E-state index in [0.29, 0.717) is 11.4 Å². The number of nitrogens with one attached hydrogen (secondary N) is 1. The molecule has 3 rings (SSSR count). The van der Waals surface area contributed by atoms with Crippen LogP contribution in [0.2, 0.25) is 0 Å². The van der Waals surface area contributed by atoms with Crippen LogP contribution in [0.5, 0.6) is 0 Å². The summed E-state index contributed by atoms with van der Waals surface area (Å²) in [7, 11) is -3.54. The SMILES string of the molecule is Cc1ccccc1S(=O)(=O)NCC(c1ccco1)N1CCC(C)CC1. The van der Waals surface area contributed by atoms with E-state index in [0.717, 1.165) is 43.2 Å². The number of nitrogens with zero attached hydrogens (tertiary/aromatic N) is 1. The van der Waals surface area contributed by atoms with Crippen molar-refractivity contribution in [3.05, 3.63) is 54.0 Å². The zero-order valence-electron chi connectivity index (χ0n) is 14.8. The summed E-state index contributed by atoms with van der Waals surface area (Å²) in [5, 5.41) is 0. The molecule has 1 aromatic heterocycles. The number of aryl methyl sites for hydroxylation is 1. The largest absolute Gasteiger partial charge is 0.468 e. The highest BCUT2D eigenvalue weighted by Gasteiger charge is 2.28. The molecule has 1 atom stereocenters. The van der Waals surface area contributed by atoms with Gasteiger partial charge in [0.2, 0.25) is 10.0 Å². The third-order valence-electron chi connectivity index (χ3n) is 4.98. The molecule has 1 aromatic carbocycles. The average Bonchev–Trinajstić information content (AvgIpc) is 3.11. The van der Waals surface area contributed by atoms with Gasteiger partial charge in [0.05, 0.1) is 17.2 Å². The minimum Gasteiger partial charge on any atom is -0.468 e. The van der Waals surface area contributed by atoms with Crippen LogP contribution in [-0.2, 0) is 10.0 Å². The Kier molecular flexibility index (Phi) is 5.61. The number of piperidine rings is 1. The molecule has 2 aromatic rings. The lowest BCUT2D eigenvalue weighted by atomic mass is 9.97. The zero-order valence-corrected chi connectivity index (χ0v) is 15.6. The van der Waals surface area contributed by atoms with Gasteiger partial charge >= 0.3 is 0 Å². The highest BCUT2D eigenvalue weighted by molar-refractivity contribution is 7.89. The van der Waals surface area contributed by atoms with E-state index in [1.54, 1.807) is 18.4 Å². The molecule has 136 valence electrons. The minimum atomic E-state index is -3.54. The second-order valence-electron chi connectivity index (χ2n) is 6.87. The van der Waals surface area contributed by atoms with Crippen molar-refractivity contribution in [3.63, 3.8) is 0 Å². The van der Waals surface area contributed by atoms with Crippen LogP contribution in [0.3, 0.4) is 0 Å². The van der Waals surface area contributed by atoms with E-state index in [1.807, 2.05) is 31.2 Å². The summed E-state index contributed by atoms with van der Waals surface area (Å²) in [4.78, 5) is 2.65. The summed E-state index contributed by atoms with van der Waals surface area (Å²) in [5.74, 6) is 1.53. The van der Waals surface area contributed by atoms with Crippen molar-refractivity contribution in [2.24, 2.45) is 5.92 Å². The molecular weight excluding hydrogens is 336 g/mol. The lowest BCUT2D eigenvalue weighted by Crippen LogP contribution is -2.41. The number of sulfonamides is 1. The fourth-order valence-corrected chi connectivity index (χ4v) is 4.64. The molecule has 0 saturated carbocycles. The normalized spacial score (nSPS) is 18.3. The first-order chi connectivity index (χ1) is 12.0. The molecule has 0 amide bonds. The fourth-order valence-electron chi connectivity index (χ4n) is 3.36. The first kappa shape index (κ1) is 18.2. The van der Waals surface area contributed by atoms with Gasteiger partial charge in [0.25, 0.3) is 0 Å². The molecule has 0 aliphatic carbocycles. The molecule has 0 spiro atoms. The van der Waals surface area contributed by atoms with Crippen LogP contribution in [0.4, 0.5) is 0 Å². The van der Waals surface area contributed by atoms with Crippen molar-refractivity contribution in [1.29, 1.82) is 0 Å². The third-order valence-corrected chi connectivity index (χ3v) is 6.56. The van der Waals surface area contributed by atoms with Gasteiger partial charge in [-0.3, -0.25) is 4.90 Å². The van der Waals surface area contributed by atoms with Crippen molar-refractivity contribution in [3.8, 4) is 0 Å². The van der Waals surface area contributed by atoms with Crippen LogP contribution in [0.25, 0.3) is 0 Å². The lowest BCUT2D eigenvalue weighted by molar-refractivity contribution is 0.125. The van der Waals surface area contributed by atoms with E-state index in [1.165, 1.54) is 0 Å². The van der Waals surface area contributed by atoms with Crippen molar-refractivity contribution in [2.45, 2.75) is 37.6 Å².